The average Bonchev–Trinajstić information content (AvgIpc) is 3.32. The molecule has 2 aromatic heterocycles. The lowest BCUT2D eigenvalue weighted by Gasteiger charge is -2.33. The van der Waals surface area contributed by atoms with Gasteiger partial charge in [0.15, 0.2) is 0 Å². The van der Waals surface area contributed by atoms with Crippen molar-refractivity contribution < 1.29 is 14.3 Å². The second-order valence-corrected chi connectivity index (χ2v) is 7.46. The van der Waals surface area contributed by atoms with Gasteiger partial charge in [-0.3, -0.25) is 9.78 Å². The van der Waals surface area contributed by atoms with Crippen LogP contribution in [0.4, 0.5) is 0 Å². The molecule has 2 aliphatic heterocycles. The van der Waals surface area contributed by atoms with E-state index in [0.29, 0.717) is 19.1 Å². The van der Waals surface area contributed by atoms with E-state index in [1.54, 1.807) is 37.1 Å². The summed E-state index contributed by atoms with van der Waals surface area (Å²) in [5, 5.41) is 0. The van der Waals surface area contributed by atoms with Crippen molar-refractivity contribution in [2.24, 2.45) is 5.92 Å². The zero-order chi connectivity index (χ0) is 18.7. The molecule has 0 unspecified atom stereocenters. The van der Waals surface area contributed by atoms with Gasteiger partial charge in [-0.25, -0.2) is 4.98 Å². The summed E-state index contributed by atoms with van der Waals surface area (Å²) < 4.78 is 12.2. The van der Waals surface area contributed by atoms with Crippen LogP contribution in [-0.4, -0.2) is 57.2 Å². The van der Waals surface area contributed by atoms with Crippen molar-refractivity contribution in [1.82, 2.24) is 19.9 Å². The smallest absolute Gasteiger partial charge is 0.246 e. The molecule has 0 radical (unpaired) electrons. The molecule has 1 amide bonds. The number of piperidine rings is 1. The lowest BCUT2D eigenvalue weighted by atomic mass is 9.89. The number of aromatic nitrogens is 3. The molecule has 2 saturated heterocycles. The van der Waals surface area contributed by atoms with E-state index < -0.39 is 0 Å². The van der Waals surface area contributed by atoms with Crippen LogP contribution in [0.25, 0.3) is 6.08 Å². The van der Waals surface area contributed by atoms with Crippen LogP contribution in [0.15, 0.2) is 43.1 Å². The summed E-state index contributed by atoms with van der Waals surface area (Å²) in [5.41, 5.74) is 0.485. The van der Waals surface area contributed by atoms with Crippen LogP contribution in [0.3, 0.4) is 0 Å². The summed E-state index contributed by atoms with van der Waals surface area (Å²) in [4.78, 5) is 25.4. The summed E-state index contributed by atoms with van der Waals surface area (Å²) in [6, 6.07) is 3.75. The van der Waals surface area contributed by atoms with Crippen LogP contribution in [0.1, 0.15) is 25.5 Å². The Morgan fingerprint density at radius 1 is 1.48 bits per heavy atom. The molecule has 0 spiro atoms. The summed E-state index contributed by atoms with van der Waals surface area (Å²) in [6.45, 7) is 4.01. The lowest BCUT2D eigenvalue weighted by molar-refractivity contribution is -0.129. The third-order valence-electron chi connectivity index (χ3n) is 5.21. The van der Waals surface area contributed by atoms with Gasteiger partial charge in [-0.1, -0.05) is 0 Å². The number of aromatic amines is 1. The van der Waals surface area contributed by atoms with E-state index in [4.69, 9.17) is 9.47 Å². The summed E-state index contributed by atoms with van der Waals surface area (Å²) in [6.07, 6.45) is 12.0. The van der Waals surface area contributed by atoms with E-state index in [2.05, 4.69) is 21.9 Å². The Kier molecular flexibility index (Phi) is 4.94. The Morgan fingerprint density at radius 2 is 2.41 bits per heavy atom. The van der Waals surface area contributed by atoms with Gasteiger partial charge in [0.2, 0.25) is 5.91 Å². The maximum Gasteiger partial charge on any atom is 0.246 e. The molecule has 2 fully saturated rings. The third-order valence-corrected chi connectivity index (χ3v) is 5.21. The Balaban J connectivity index is 1.32. The molecular formula is C20H24N4O3. The van der Waals surface area contributed by atoms with Crippen molar-refractivity contribution in [3.05, 3.63) is 48.8 Å². The van der Waals surface area contributed by atoms with E-state index >= 15 is 0 Å². The van der Waals surface area contributed by atoms with Crippen LogP contribution in [0.5, 0.6) is 5.75 Å². The molecule has 2 aromatic rings. The topological polar surface area (TPSA) is 80.3 Å². The van der Waals surface area contributed by atoms with Gasteiger partial charge in [0.05, 0.1) is 30.5 Å². The number of H-pyrrole nitrogens is 1. The highest BCUT2D eigenvalue weighted by molar-refractivity contribution is 5.91. The number of fused-ring (bicyclic) bond motifs is 1. The highest BCUT2D eigenvalue weighted by Gasteiger charge is 2.46. The molecule has 3 atom stereocenters. The zero-order valence-electron chi connectivity index (χ0n) is 15.4. The molecule has 27 heavy (non-hydrogen) atoms. The Labute approximate surface area is 158 Å². The molecule has 0 saturated carbocycles. The Hall–Kier alpha value is -2.67. The van der Waals surface area contributed by atoms with Crippen LogP contribution in [0, 0.1) is 5.92 Å². The van der Waals surface area contributed by atoms with Crippen molar-refractivity contribution in [2.45, 2.75) is 31.5 Å². The van der Waals surface area contributed by atoms with Gasteiger partial charge in [-0.05, 0) is 38.0 Å². The fourth-order valence-electron chi connectivity index (χ4n) is 3.92. The van der Waals surface area contributed by atoms with E-state index in [-0.39, 0.29) is 17.6 Å². The first-order valence-electron chi connectivity index (χ1n) is 9.27. The van der Waals surface area contributed by atoms with Crippen LogP contribution in [-0.2, 0) is 9.53 Å². The average molecular weight is 368 g/mol. The number of likely N-dealkylation sites (tertiary alicyclic amines) is 1. The number of nitrogens with one attached hydrogen (secondary N) is 1. The minimum Gasteiger partial charge on any atom is -0.489 e. The SMILES string of the molecule is C[C@]1(COc2cccnc2)C[C@@H]2CN(C(=O)/C=C/c3cnc[nH]3)CC[C@@H]2O1. The van der Waals surface area contributed by atoms with Crippen molar-refractivity contribution >= 4 is 12.0 Å². The van der Waals surface area contributed by atoms with Gasteiger partial charge >= 0.3 is 0 Å². The Bertz CT molecular complexity index is 793. The predicted octanol–water partition coefficient (Wildman–Crippen LogP) is 2.29. The first kappa shape index (κ1) is 17.7. The number of nitrogens with zero attached hydrogens (tertiary/aromatic N) is 3. The second-order valence-electron chi connectivity index (χ2n) is 7.46. The highest BCUT2D eigenvalue weighted by atomic mass is 16.6. The summed E-state index contributed by atoms with van der Waals surface area (Å²) in [7, 11) is 0. The van der Waals surface area contributed by atoms with Crippen LogP contribution >= 0.6 is 0 Å². The molecule has 142 valence electrons. The number of carbonyl (C=O) groups excluding carboxylic acids is 1. The van der Waals surface area contributed by atoms with Gasteiger partial charge in [-0.2, -0.15) is 0 Å². The third kappa shape index (κ3) is 4.19. The zero-order valence-corrected chi connectivity index (χ0v) is 15.4. The number of imidazole rings is 1. The number of amides is 1. The van der Waals surface area contributed by atoms with Gasteiger partial charge in [0.1, 0.15) is 18.0 Å². The van der Waals surface area contributed by atoms with Crippen molar-refractivity contribution in [3.63, 3.8) is 0 Å². The van der Waals surface area contributed by atoms with Gasteiger partial charge < -0.3 is 19.4 Å². The fraction of sp³-hybridized carbons (Fsp3) is 0.450. The standard InChI is InChI=1S/C20H24N4O3/c1-20(13-26-17-3-2-7-21-11-17)9-15-12-24(8-6-18(15)27-20)19(25)5-4-16-10-22-14-23-16/h2-5,7,10-11,14-15,18H,6,8-9,12-13H2,1H3,(H,22,23)/b5-4+/t15-,18+,20-/m1/s1. The van der Waals surface area contributed by atoms with E-state index in [0.717, 1.165) is 30.8 Å². The first-order valence-corrected chi connectivity index (χ1v) is 9.27. The lowest BCUT2D eigenvalue weighted by Crippen LogP contribution is -2.43. The predicted molar refractivity (Wildman–Crippen MR) is 99.9 cm³/mol. The minimum atomic E-state index is -0.337. The van der Waals surface area contributed by atoms with Gasteiger partial charge in [0.25, 0.3) is 0 Å². The summed E-state index contributed by atoms with van der Waals surface area (Å²) in [5.74, 6) is 1.12. The molecular weight excluding hydrogens is 344 g/mol. The molecule has 1 N–H and O–H groups in total. The minimum absolute atomic E-state index is 0.0308. The molecule has 7 heteroatoms. The van der Waals surface area contributed by atoms with Crippen molar-refractivity contribution in [2.75, 3.05) is 19.7 Å². The fourth-order valence-corrected chi connectivity index (χ4v) is 3.92. The van der Waals surface area contributed by atoms with Crippen LogP contribution in [0.2, 0.25) is 0 Å². The second kappa shape index (κ2) is 7.52. The van der Waals surface area contributed by atoms with Crippen LogP contribution < -0.4 is 4.74 Å². The number of ether oxygens (including phenoxy) is 2. The number of hydrogen-bond donors (Lipinski definition) is 1. The molecule has 4 heterocycles. The van der Waals surface area contributed by atoms with Crippen molar-refractivity contribution in [3.8, 4) is 5.75 Å². The largest absolute Gasteiger partial charge is 0.489 e. The quantitative estimate of drug-likeness (QED) is 0.819. The first-order chi connectivity index (χ1) is 13.1. The number of pyridine rings is 1. The van der Waals surface area contributed by atoms with E-state index in [1.807, 2.05) is 17.0 Å². The molecule has 0 bridgehead atoms. The number of carbonyl (C=O) groups is 1. The van der Waals surface area contributed by atoms with E-state index in [9.17, 15) is 4.79 Å². The maximum atomic E-state index is 12.5. The molecule has 7 nitrogen and oxygen atoms in total. The summed E-state index contributed by atoms with van der Waals surface area (Å²) >= 11 is 0. The Morgan fingerprint density at radius 3 is 3.19 bits per heavy atom. The molecule has 4 rings (SSSR count). The molecule has 0 aromatic carbocycles. The molecule has 2 aliphatic rings. The van der Waals surface area contributed by atoms with E-state index in [1.165, 1.54) is 0 Å². The molecule has 0 aliphatic carbocycles. The number of rotatable bonds is 5. The van der Waals surface area contributed by atoms with Crippen molar-refractivity contribution in [1.29, 1.82) is 0 Å². The maximum absolute atomic E-state index is 12.5. The highest BCUT2D eigenvalue weighted by Crippen LogP contribution is 2.39. The monoisotopic (exact) mass is 368 g/mol. The van der Waals surface area contributed by atoms with Gasteiger partial charge in [-0.15, -0.1) is 0 Å². The normalized spacial score (nSPS) is 27.7. The van der Waals surface area contributed by atoms with Gasteiger partial charge in [0, 0.05) is 31.3 Å². The number of hydrogen-bond acceptors (Lipinski definition) is 5.